The molecule has 0 amide bonds. The van der Waals surface area contributed by atoms with Crippen molar-refractivity contribution in [3.8, 4) is 0 Å². The average molecular weight is 447 g/mol. The van der Waals surface area contributed by atoms with Gasteiger partial charge in [-0.25, -0.2) is 9.79 Å². The van der Waals surface area contributed by atoms with Crippen LogP contribution in [0.2, 0.25) is 10.0 Å². The summed E-state index contributed by atoms with van der Waals surface area (Å²) in [6, 6.07) is 11.4. The van der Waals surface area contributed by atoms with Crippen molar-refractivity contribution in [3.05, 3.63) is 58.3 Å². The molecule has 0 radical (unpaired) electrons. The lowest BCUT2D eigenvalue weighted by atomic mass is 10.0. The molecule has 8 heteroatoms. The number of halogens is 2. The monoisotopic (exact) mass is 446 g/mol. The third-order valence-electron chi connectivity index (χ3n) is 5.94. The smallest absolute Gasteiger partial charge is 0.331 e. The number of carboxylic acid groups (broad SMARTS) is 1. The maximum atomic E-state index is 11.7. The SMILES string of the molecule is CN(c1cc(Cl)ccc1Cl)C1CCN(/C(=N/C2(C(=O)O)CC2)c2ccccn2)CC1. The third-order valence-corrected chi connectivity index (χ3v) is 6.49. The van der Waals surface area contributed by atoms with Gasteiger partial charge in [-0.1, -0.05) is 29.3 Å². The summed E-state index contributed by atoms with van der Waals surface area (Å²) in [5.74, 6) is -0.182. The molecule has 30 heavy (non-hydrogen) atoms. The molecule has 2 aromatic rings. The van der Waals surface area contributed by atoms with Crippen LogP contribution in [0.15, 0.2) is 47.6 Å². The van der Waals surface area contributed by atoms with Crippen molar-refractivity contribution in [1.29, 1.82) is 0 Å². The number of hydrogen-bond donors (Lipinski definition) is 1. The normalized spacial score (nSPS) is 18.9. The van der Waals surface area contributed by atoms with Gasteiger partial charge in [0.15, 0.2) is 11.4 Å². The minimum absolute atomic E-state index is 0.302. The number of pyridine rings is 1. The molecule has 1 saturated heterocycles. The van der Waals surface area contributed by atoms with Gasteiger partial charge >= 0.3 is 5.97 Å². The van der Waals surface area contributed by atoms with E-state index in [9.17, 15) is 9.90 Å². The number of aromatic nitrogens is 1. The van der Waals surface area contributed by atoms with E-state index < -0.39 is 11.5 Å². The van der Waals surface area contributed by atoms with Gasteiger partial charge < -0.3 is 14.9 Å². The van der Waals surface area contributed by atoms with E-state index in [2.05, 4.69) is 14.8 Å². The fraction of sp³-hybridized carbons (Fsp3) is 0.409. The van der Waals surface area contributed by atoms with Gasteiger partial charge in [-0.05, 0) is 56.0 Å². The van der Waals surface area contributed by atoms with Crippen molar-refractivity contribution in [1.82, 2.24) is 9.88 Å². The van der Waals surface area contributed by atoms with Gasteiger partial charge in [0.05, 0.1) is 10.7 Å². The minimum atomic E-state index is -0.991. The first-order valence-electron chi connectivity index (χ1n) is 10.1. The van der Waals surface area contributed by atoms with E-state index in [4.69, 9.17) is 28.2 Å². The largest absolute Gasteiger partial charge is 0.479 e. The zero-order chi connectivity index (χ0) is 21.3. The Morgan fingerprint density at radius 3 is 2.57 bits per heavy atom. The van der Waals surface area contributed by atoms with E-state index in [1.807, 2.05) is 37.4 Å². The number of amidine groups is 1. The average Bonchev–Trinajstić information content (AvgIpc) is 3.55. The van der Waals surface area contributed by atoms with Crippen LogP contribution in [0.25, 0.3) is 0 Å². The molecular formula is C22H24Cl2N4O2. The summed E-state index contributed by atoms with van der Waals surface area (Å²) < 4.78 is 0. The highest BCUT2D eigenvalue weighted by Gasteiger charge is 2.51. The molecule has 1 aliphatic heterocycles. The molecule has 0 atom stereocenters. The zero-order valence-corrected chi connectivity index (χ0v) is 18.3. The molecule has 2 fully saturated rings. The fourth-order valence-electron chi connectivity index (χ4n) is 3.90. The quantitative estimate of drug-likeness (QED) is 0.545. The van der Waals surface area contributed by atoms with E-state index in [0.29, 0.717) is 34.8 Å². The molecule has 1 aliphatic carbocycles. The Labute approximate surface area is 186 Å². The number of likely N-dealkylation sites (tertiary alicyclic amines) is 1. The summed E-state index contributed by atoms with van der Waals surface area (Å²) in [4.78, 5) is 25.2. The second-order valence-corrected chi connectivity index (χ2v) is 8.76. The number of carbonyl (C=O) groups is 1. The van der Waals surface area contributed by atoms with E-state index >= 15 is 0 Å². The van der Waals surface area contributed by atoms with Crippen LogP contribution in [0.4, 0.5) is 5.69 Å². The molecule has 1 aromatic carbocycles. The minimum Gasteiger partial charge on any atom is -0.479 e. The maximum Gasteiger partial charge on any atom is 0.331 e. The van der Waals surface area contributed by atoms with E-state index in [1.54, 1.807) is 12.3 Å². The van der Waals surface area contributed by atoms with Crippen LogP contribution in [0.1, 0.15) is 31.4 Å². The van der Waals surface area contributed by atoms with E-state index in [0.717, 1.165) is 37.3 Å². The second-order valence-electron chi connectivity index (χ2n) is 7.91. The number of piperidine rings is 1. The van der Waals surface area contributed by atoms with Crippen LogP contribution < -0.4 is 4.90 Å². The summed E-state index contributed by atoms with van der Waals surface area (Å²) in [5.41, 5.74) is 0.646. The summed E-state index contributed by atoms with van der Waals surface area (Å²) in [5, 5.41) is 10.9. The van der Waals surface area contributed by atoms with Gasteiger partial charge in [0.25, 0.3) is 0 Å². The lowest BCUT2D eigenvalue weighted by Crippen LogP contribution is -2.46. The number of benzene rings is 1. The van der Waals surface area contributed by atoms with Crippen LogP contribution in [0.5, 0.6) is 0 Å². The summed E-state index contributed by atoms with van der Waals surface area (Å²) in [6.07, 6.45) is 4.65. The van der Waals surface area contributed by atoms with Gasteiger partial charge in [-0.2, -0.15) is 0 Å². The lowest BCUT2D eigenvalue weighted by molar-refractivity contribution is -0.139. The molecule has 2 aliphatic rings. The highest BCUT2D eigenvalue weighted by Crippen LogP contribution is 2.41. The molecule has 1 saturated carbocycles. The molecule has 0 bridgehead atoms. The fourth-order valence-corrected chi connectivity index (χ4v) is 4.31. The van der Waals surface area contributed by atoms with Crippen molar-refractivity contribution < 1.29 is 9.90 Å². The first-order chi connectivity index (χ1) is 14.4. The predicted octanol–water partition coefficient (Wildman–Crippen LogP) is 4.35. The molecule has 2 heterocycles. The Balaban J connectivity index is 1.53. The van der Waals surface area contributed by atoms with Crippen LogP contribution >= 0.6 is 23.2 Å². The van der Waals surface area contributed by atoms with Gasteiger partial charge in [0.2, 0.25) is 0 Å². The molecule has 1 aromatic heterocycles. The number of hydrogen-bond acceptors (Lipinski definition) is 4. The van der Waals surface area contributed by atoms with Gasteiger partial charge in [-0.3, -0.25) is 4.98 Å². The van der Waals surface area contributed by atoms with E-state index in [-0.39, 0.29) is 0 Å². The lowest BCUT2D eigenvalue weighted by Gasteiger charge is -2.39. The molecular weight excluding hydrogens is 423 g/mol. The highest BCUT2D eigenvalue weighted by molar-refractivity contribution is 6.35. The van der Waals surface area contributed by atoms with Crippen LogP contribution in [0, 0.1) is 0 Å². The van der Waals surface area contributed by atoms with Gasteiger partial charge in [0, 0.05) is 37.4 Å². The molecule has 0 spiro atoms. The molecule has 1 N–H and O–H groups in total. The Morgan fingerprint density at radius 1 is 1.23 bits per heavy atom. The molecule has 158 valence electrons. The van der Waals surface area contributed by atoms with Crippen molar-refractivity contribution in [2.45, 2.75) is 37.3 Å². The summed E-state index contributed by atoms with van der Waals surface area (Å²) in [6.45, 7) is 1.52. The van der Waals surface area contributed by atoms with Crippen molar-refractivity contribution in [3.63, 3.8) is 0 Å². The topological polar surface area (TPSA) is 69.0 Å². The van der Waals surface area contributed by atoms with Crippen molar-refractivity contribution in [2.24, 2.45) is 4.99 Å². The Kier molecular flexibility index (Phi) is 5.89. The Bertz CT molecular complexity index is 955. The summed E-state index contributed by atoms with van der Waals surface area (Å²) in [7, 11) is 2.04. The van der Waals surface area contributed by atoms with Crippen LogP contribution in [0.3, 0.4) is 0 Å². The number of carboxylic acids is 1. The number of aliphatic imine (C=N–C) groups is 1. The molecule has 0 unspecified atom stereocenters. The standard InChI is InChI=1S/C22H24Cl2N4O2/c1-27(19-14-15(23)5-6-17(19)24)16-7-12-28(13-8-16)20(18-4-2-3-11-25-18)26-22(9-10-22)21(29)30/h2-6,11,14,16H,7-10,12-13H2,1H3,(H,29,30)/b26-20+. The first kappa shape index (κ1) is 20.9. The predicted molar refractivity (Wildman–Crippen MR) is 120 cm³/mol. The Hall–Kier alpha value is -2.31. The number of nitrogens with zero attached hydrogens (tertiary/aromatic N) is 4. The first-order valence-corrected chi connectivity index (χ1v) is 10.8. The number of aliphatic carboxylic acids is 1. The third kappa shape index (κ3) is 4.25. The molecule has 6 nitrogen and oxygen atoms in total. The van der Waals surface area contributed by atoms with Crippen LogP contribution in [-0.2, 0) is 4.79 Å². The highest BCUT2D eigenvalue weighted by atomic mass is 35.5. The molecule has 4 rings (SSSR count). The van der Waals surface area contributed by atoms with Gasteiger partial charge in [-0.15, -0.1) is 0 Å². The van der Waals surface area contributed by atoms with Gasteiger partial charge in [0.1, 0.15) is 5.69 Å². The van der Waals surface area contributed by atoms with Crippen molar-refractivity contribution >= 4 is 40.7 Å². The number of anilines is 1. The second kappa shape index (κ2) is 8.44. The maximum absolute atomic E-state index is 11.7. The summed E-state index contributed by atoms with van der Waals surface area (Å²) >= 11 is 12.5. The Morgan fingerprint density at radius 2 is 1.97 bits per heavy atom. The zero-order valence-electron chi connectivity index (χ0n) is 16.8. The van der Waals surface area contributed by atoms with Crippen molar-refractivity contribution in [2.75, 3.05) is 25.0 Å². The number of rotatable bonds is 5. The van der Waals surface area contributed by atoms with Crippen LogP contribution in [-0.4, -0.2) is 58.5 Å². The van der Waals surface area contributed by atoms with E-state index in [1.165, 1.54) is 0 Å².